The van der Waals surface area contributed by atoms with Crippen LogP contribution < -0.4 is 4.57 Å². The van der Waals surface area contributed by atoms with E-state index in [0.717, 1.165) is 6.54 Å². The van der Waals surface area contributed by atoms with Crippen LogP contribution in [0.2, 0.25) is 0 Å². The van der Waals surface area contributed by atoms with E-state index >= 15 is 0 Å². The van der Waals surface area contributed by atoms with Crippen LogP contribution in [0.3, 0.4) is 0 Å². The van der Waals surface area contributed by atoms with Gasteiger partial charge in [0.1, 0.15) is 6.54 Å². The molecule has 1 aromatic heterocycles. The fourth-order valence-corrected chi connectivity index (χ4v) is 6.63. The molecule has 0 radical (unpaired) electrons. The molecule has 0 spiro atoms. The number of hydrogen-bond donors (Lipinski definition) is 0. The fourth-order valence-electron chi connectivity index (χ4n) is 6.63. The van der Waals surface area contributed by atoms with E-state index in [-0.39, 0.29) is 0 Å². The molecule has 1 rings (SSSR count). The third-order valence-corrected chi connectivity index (χ3v) is 9.54. The largest absolute Gasteiger partial charge is 0.205 e. The van der Waals surface area contributed by atoms with Crippen molar-refractivity contribution in [1.29, 1.82) is 0 Å². The topological polar surface area (TPSA) is 3.88 Å². The van der Waals surface area contributed by atoms with Gasteiger partial charge in [0.15, 0.2) is 12.4 Å². The molecule has 0 unspecified atom stereocenters. The molecule has 246 valence electrons. The van der Waals surface area contributed by atoms with E-state index in [0.29, 0.717) is 0 Å². The molecule has 0 N–H and O–H groups in total. The minimum absolute atomic E-state index is 1.10. The fraction of sp³-hybridized carbons (Fsp3) is 0.878. The summed E-state index contributed by atoms with van der Waals surface area (Å²) in [7, 11) is 0. The Bertz CT molecular complexity index is 613. The van der Waals surface area contributed by atoms with Gasteiger partial charge in [-0.3, -0.25) is 0 Å². The van der Waals surface area contributed by atoms with Crippen molar-refractivity contribution < 1.29 is 4.57 Å². The zero-order valence-corrected chi connectivity index (χ0v) is 29.5. The Morgan fingerprint density at radius 1 is 0.333 bits per heavy atom. The Balaban J connectivity index is 1.99. The summed E-state index contributed by atoms with van der Waals surface area (Å²) in [6.07, 6.45) is 50.7. The Hall–Kier alpha value is -0.850. The third kappa shape index (κ3) is 25.6. The number of pyridine rings is 1. The van der Waals surface area contributed by atoms with Crippen LogP contribution in [0.5, 0.6) is 0 Å². The molecule has 1 aromatic rings. The second-order valence-electron chi connectivity index (χ2n) is 13.8. The first-order chi connectivity index (χ1) is 20.8. The van der Waals surface area contributed by atoms with E-state index in [9.17, 15) is 0 Å². The maximum Gasteiger partial charge on any atom is 0.171 e. The normalized spacial score (nSPS) is 11.5. The third-order valence-electron chi connectivity index (χ3n) is 9.54. The Morgan fingerprint density at radius 3 is 0.810 bits per heavy atom. The predicted molar refractivity (Wildman–Crippen MR) is 190 cm³/mol. The zero-order chi connectivity index (χ0) is 30.2. The highest BCUT2D eigenvalue weighted by atomic mass is 14.9. The molecule has 0 saturated heterocycles. The Morgan fingerprint density at radius 2 is 0.571 bits per heavy atom. The van der Waals surface area contributed by atoms with Crippen molar-refractivity contribution in [2.45, 2.75) is 233 Å². The van der Waals surface area contributed by atoms with Crippen molar-refractivity contribution in [1.82, 2.24) is 0 Å². The van der Waals surface area contributed by atoms with Gasteiger partial charge in [-0.15, -0.1) is 0 Å². The van der Waals surface area contributed by atoms with Crippen LogP contribution >= 0.6 is 0 Å². The predicted octanol–water partition coefficient (Wildman–Crippen LogP) is 13.8. The van der Waals surface area contributed by atoms with Gasteiger partial charge in [-0.05, 0) is 38.7 Å². The average molecular weight is 585 g/mol. The monoisotopic (exact) mass is 585 g/mol. The molecule has 0 amide bonds. The van der Waals surface area contributed by atoms with Crippen molar-refractivity contribution in [3.63, 3.8) is 0 Å². The summed E-state index contributed by atoms with van der Waals surface area (Å²) in [6, 6.07) is 2.53. The second kappa shape index (κ2) is 31.6. The molecular weight excluding hydrogens is 506 g/mol. The van der Waals surface area contributed by atoms with E-state index in [1.807, 2.05) is 0 Å². The van der Waals surface area contributed by atoms with Gasteiger partial charge in [0.05, 0.1) is 0 Å². The number of nitrogens with zero attached hydrogens (tertiary/aromatic N) is 1. The summed E-state index contributed by atoms with van der Waals surface area (Å²) in [5.41, 5.74) is 3.15. The van der Waals surface area contributed by atoms with E-state index in [2.05, 4.69) is 43.8 Å². The van der Waals surface area contributed by atoms with Crippen molar-refractivity contribution in [2.24, 2.45) is 0 Å². The first-order valence-electron chi connectivity index (χ1n) is 19.8. The molecular formula is C41H78N+. The van der Waals surface area contributed by atoms with Crippen LogP contribution in [0.25, 0.3) is 0 Å². The molecule has 0 aliphatic rings. The lowest BCUT2D eigenvalue weighted by atomic mass is 10.0. The Labute approximate surface area is 266 Å². The first kappa shape index (κ1) is 39.2. The van der Waals surface area contributed by atoms with Gasteiger partial charge in [-0.1, -0.05) is 194 Å². The van der Waals surface area contributed by atoms with Gasteiger partial charge in [0.25, 0.3) is 0 Å². The maximum absolute atomic E-state index is 2.53. The second-order valence-corrected chi connectivity index (χ2v) is 13.8. The molecule has 0 aromatic carbocycles. The molecule has 0 aliphatic heterocycles. The number of aryl methyl sites for hydroxylation is 3. The smallest absolute Gasteiger partial charge is 0.171 e. The summed E-state index contributed by atoms with van der Waals surface area (Å²) in [5, 5.41) is 0. The summed E-state index contributed by atoms with van der Waals surface area (Å²) in [5.74, 6) is 0. The van der Waals surface area contributed by atoms with Crippen LogP contribution in [0.4, 0.5) is 0 Å². The minimum atomic E-state index is 1.10. The van der Waals surface area contributed by atoms with Crippen LogP contribution in [0, 0.1) is 0 Å². The van der Waals surface area contributed by atoms with E-state index in [1.165, 1.54) is 205 Å². The SMILES string of the molecule is CCCCCCCCCCCCCCCCCc1cc(CCCCCCCCCCCCCCCCC)c[n+](CC)c1. The minimum Gasteiger partial charge on any atom is -0.205 e. The highest BCUT2D eigenvalue weighted by Gasteiger charge is 2.07. The lowest BCUT2D eigenvalue weighted by Gasteiger charge is -2.06. The van der Waals surface area contributed by atoms with E-state index in [1.54, 1.807) is 11.1 Å². The summed E-state index contributed by atoms with van der Waals surface area (Å²) >= 11 is 0. The van der Waals surface area contributed by atoms with Crippen molar-refractivity contribution >= 4 is 0 Å². The standard InChI is InChI=1S/C41H78N/c1-4-7-9-11-13-15-17-19-21-23-25-27-29-31-33-35-40-37-41(39-42(6-3)38-40)36-34-32-30-28-26-24-22-20-18-16-14-12-10-8-5-2/h37-39H,4-36H2,1-3H3/q+1. The van der Waals surface area contributed by atoms with Gasteiger partial charge in [0, 0.05) is 11.1 Å². The highest BCUT2D eigenvalue weighted by Crippen LogP contribution is 2.17. The van der Waals surface area contributed by atoms with Gasteiger partial charge in [0.2, 0.25) is 0 Å². The molecule has 0 fully saturated rings. The first-order valence-corrected chi connectivity index (χ1v) is 19.8. The lowest BCUT2D eigenvalue weighted by Crippen LogP contribution is -2.32. The molecule has 1 heterocycles. The van der Waals surface area contributed by atoms with Gasteiger partial charge >= 0.3 is 0 Å². The average Bonchev–Trinajstić information content (AvgIpc) is 3.01. The molecule has 42 heavy (non-hydrogen) atoms. The zero-order valence-electron chi connectivity index (χ0n) is 29.5. The van der Waals surface area contributed by atoms with E-state index < -0.39 is 0 Å². The molecule has 0 saturated carbocycles. The quantitative estimate of drug-likeness (QED) is 0.0571. The van der Waals surface area contributed by atoms with E-state index in [4.69, 9.17) is 0 Å². The molecule has 1 heteroatoms. The summed E-state index contributed by atoms with van der Waals surface area (Å²) < 4.78 is 2.43. The lowest BCUT2D eigenvalue weighted by molar-refractivity contribution is -0.694. The van der Waals surface area contributed by atoms with Crippen LogP contribution in [-0.2, 0) is 19.4 Å². The maximum atomic E-state index is 2.53. The number of hydrogen-bond acceptors (Lipinski definition) is 0. The number of rotatable bonds is 33. The number of unbranched alkanes of at least 4 members (excludes halogenated alkanes) is 28. The summed E-state index contributed by atoms with van der Waals surface area (Å²) in [4.78, 5) is 0. The van der Waals surface area contributed by atoms with Gasteiger partial charge in [-0.2, -0.15) is 0 Å². The molecule has 0 aliphatic carbocycles. The molecule has 1 nitrogen and oxygen atoms in total. The summed E-state index contributed by atoms with van der Waals surface area (Å²) in [6.45, 7) is 8.00. The van der Waals surface area contributed by atoms with Gasteiger partial charge < -0.3 is 0 Å². The Kier molecular flexibility index (Phi) is 29.4. The van der Waals surface area contributed by atoms with Crippen LogP contribution in [0.15, 0.2) is 18.5 Å². The van der Waals surface area contributed by atoms with Crippen molar-refractivity contribution in [2.75, 3.05) is 0 Å². The highest BCUT2D eigenvalue weighted by molar-refractivity contribution is 5.15. The van der Waals surface area contributed by atoms with Crippen molar-refractivity contribution in [3.8, 4) is 0 Å². The van der Waals surface area contributed by atoms with Crippen LogP contribution in [-0.4, -0.2) is 0 Å². The number of aromatic nitrogens is 1. The van der Waals surface area contributed by atoms with Gasteiger partial charge in [-0.25, -0.2) is 4.57 Å². The van der Waals surface area contributed by atoms with Crippen molar-refractivity contribution in [3.05, 3.63) is 29.6 Å². The van der Waals surface area contributed by atoms with Crippen LogP contribution in [0.1, 0.15) is 225 Å². The molecule has 0 bridgehead atoms. The molecule has 0 atom stereocenters.